The lowest BCUT2D eigenvalue weighted by molar-refractivity contribution is -0.113. The second-order valence-corrected chi connectivity index (χ2v) is 7.82. The third-order valence-corrected chi connectivity index (χ3v) is 5.13. The van der Waals surface area contributed by atoms with Crippen LogP contribution in [0.25, 0.3) is 0 Å². The van der Waals surface area contributed by atoms with Crippen LogP contribution in [0, 0.1) is 6.92 Å². The van der Waals surface area contributed by atoms with Gasteiger partial charge in [0.2, 0.25) is 0 Å². The van der Waals surface area contributed by atoms with Gasteiger partial charge in [-0.05, 0) is 57.0 Å². The van der Waals surface area contributed by atoms with E-state index in [1.54, 1.807) is 24.4 Å². The molecule has 0 unspecified atom stereocenters. The largest absolute Gasteiger partial charge is 0.322 e. The summed E-state index contributed by atoms with van der Waals surface area (Å²) in [5, 5.41) is 6.02. The molecule has 3 rings (SSSR count). The van der Waals surface area contributed by atoms with E-state index in [4.69, 9.17) is 11.6 Å². The van der Waals surface area contributed by atoms with Crippen LogP contribution in [-0.4, -0.2) is 40.8 Å². The van der Waals surface area contributed by atoms with E-state index in [9.17, 15) is 9.59 Å². The quantitative estimate of drug-likeness (QED) is 0.694. The molecule has 0 fully saturated rings. The molecule has 2 aromatic rings. The highest BCUT2D eigenvalue weighted by molar-refractivity contribution is 6.31. The zero-order valence-electron chi connectivity index (χ0n) is 17.2. The zero-order chi connectivity index (χ0) is 21.0. The van der Waals surface area contributed by atoms with E-state index in [0.29, 0.717) is 29.0 Å². The molecule has 0 atom stereocenters. The Morgan fingerprint density at radius 3 is 2.50 bits per heavy atom. The number of halogens is 2. The standard InChI is InChI=1S/C22H25ClN4O2.ClH/c1-14(2)27-10-8-16(9-11-27)21(28)25-19-6-5-17(23)12-18(19)22(29)26-20-7-4-15(3)13-24-20;/h4-8,12-14H,9-11H2,1-3H3,(H,25,28)(H,24,26,29);1H. The molecule has 0 aliphatic carbocycles. The Balaban J connectivity index is 0.00000320. The van der Waals surface area contributed by atoms with Crippen LogP contribution in [0.3, 0.4) is 0 Å². The van der Waals surface area contributed by atoms with Gasteiger partial charge in [-0.2, -0.15) is 0 Å². The zero-order valence-corrected chi connectivity index (χ0v) is 18.8. The first kappa shape index (κ1) is 23.9. The summed E-state index contributed by atoms with van der Waals surface area (Å²) in [6, 6.07) is 8.85. The third kappa shape index (κ3) is 6.05. The monoisotopic (exact) mass is 448 g/mol. The molecule has 2 amide bonds. The van der Waals surface area contributed by atoms with Crippen LogP contribution in [-0.2, 0) is 4.79 Å². The van der Waals surface area contributed by atoms with E-state index in [-0.39, 0.29) is 29.8 Å². The molecule has 0 bridgehead atoms. The molecular formula is C22H26Cl2N4O2. The Bertz CT molecular complexity index is 943. The number of pyridine rings is 1. The Morgan fingerprint density at radius 2 is 1.90 bits per heavy atom. The van der Waals surface area contributed by atoms with Gasteiger partial charge in [-0.25, -0.2) is 4.98 Å². The Morgan fingerprint density at radius 1 is 1.13 bits per heavy atom. The molecule has 1 aromatic heterocycles. The summed E-state index contributed by atoms with van der Waals surface area (Å²) < 4.78 is 0. The van der Waals surface area contributed by atoms with Gasteiger partial charge in [-0.15, -0.1) is 12.4 Å². The second kappa shape index (κ2) is 10.6. The predicted molar refractivity (Wildman–Crippen MR) is 124 cm³/mol. The maximum Gasteiger partial charge on any atom is 0.258 e. The summed E-state index contributed by atoms with van der Waals surface area (Å²) in [6.07, 6.45) is 4.30. The smallest absolute Gasteiger partial charge is 0.258 e. The van der Waals surface area contributed by atoms with Crippen molar-refractivity contribution in [1.29, 1.82) is 0 Å². The average molecular weight is 449 g/mol. The van der Waals surface area contributed by atoms with Crippen molar-refractivity contribution in [3.8, 4) is 0 Å². The first-order chi connectivity index (χ1) is 13.8. The number of nitrogens with zero attached hydrogens (tertiary/aromatic N) is 2. The molecule has 1 aromatic carbocycles. The molecule has 0 spiro atoms. The van der Waals surface area contributed by atoms with Crippen molar-refractivity contribution in [3.05, 3.63) is 64.3 Å². The highest BCUT2D eigenvalue weighted by Crippen LogP contribution is 2.23. The SMILES string of the molecule is Cc1ccc(NC(=O)c2cc(Cl)ccc2NC(=O)C2=CCN(C(C)C)CC2)nc1.Cl. The molecule has 0 saturated carbocycles. The summed E-state index contributed by atoms with van der Waals surface area (Å²) in [4.78, 5) is 32.0. The molecule has 2 N–H and O–H groups in total. The van der Waals surface area contributed by atoms with Crippen molar-refractivity contribution in [3.63, 3.8) is 0 Å². The Labute approximate surface area is 188 Å². The van der Waals surface area contributed by atoms with Gasteiger partial charge in [-0.3, -0.25) is 14.5 Å². The number of carbonyl (C=O) groups is 2. The van der Waals surface area contributed by atoms with Crippen molar-refractivity contribution in [2.75, 3.05) is 23.7 Å². The van der Waals surface area contributed by atoms with Gasteiger partial charge in [0.25, 0.3) is 11.8 Å². The van der Waals surface area contributed by atoms with Crippen molar-refractivity contribution < 1.29 is 9.59 Å². The van der Waals surface area contributed by atoms with Crippen molar-refractivity contribution >= 4 is 47.3 Å². The van der Waals surface area contributed by atoms with Crippen LogP contribution < -0.4 is 10.6 Å². The highest BCUT2D eigenvalue weighted by atomic mass is 35.5. The summed E-state index contributed by atoms with van der Waals surface area (Å²) >= 11 is 6.09. The summed E-state index contributed by atoms with van der Waals surface area (Å²) in [7, 11) is 0. The van der Waals surface area contributed by atoms with E-state index in [1.165, 1.54) is 6.07 Å². The number of aromatic nitrogens is 1. The topological polar surface area (TPSA) is 74.3 Å². The lowest BCUT2D eigenvalue weighted by Crippen LogP contribution is -2.36. The number of aryl methyl sites for hydroxylation is 1. The minimum absolute atomic E-state index is 0. The van der Waals surface area contributed by atoms with Gasteiger partial charge in [0.05, 0.1) is 11.3 Å². The van der Waals surface area contributed by atoms with Crippen LogP contribution in [0.15, 0.2) is 48.2 Å². The van der Waals surface area contributed by atoms with Crippen LogP contribution in [0.4, 0.5) is 11.5 Å². The van der Waals surface area contributed by atoms with Crippen LogP contribution in [0.5, 0.6) is 0 Å². The van der Waals surface area contributed by atoms with Crippen LogP contribution in [0.2, 0.25) is 5.02 Å². The predicted octanol–water partition coefficient (Wildman–Crippen LogP) is 4.70. The number of hydrogen-bond acceptors (Lipinski definition) is 4. The van der Waals surface area contributed by atoms with Gasteiger partial charge in [0.15, 0.2) is 0 Å². The van der Waals surface area contributed by atoms with Gasteiger partial charge in [0, 0.05) is 35.9 Å². The van der Waals surface area contributed by atoms with E-state index in [0.717, 1.165) is 24.2 Å². The fourth-order valence-corrected chi connectivity index (χ4v) is 3.27. The summed E-state index contributed by atoms with van der Waals surface area (Å²) in [6.45, 7) is 7.78. The number of nitrogens with one attached hydrogen (secondary N) is 2. The first-order valence-corrected chi connectivity index (χ1v) is 9.99. The third-order valence-electron chi connectivity index (χ3n) is 4.89. The first-order valence-electron chi connectivity index (χ1n) is 9.61. The van der Waals surface area contributed by atoms with Crippen molar-refractivity contribution in [1.82, 2.24) is 9.88 Å². The molecular weight excluding hydrogens is 423 g/mol. The fourth-order valence-electron chi connectivity index (χ4n) is 3.10. The lowest BCUT2D eigenvalue weighted by Gasteiger charge is -2.29. The number of rotatable bonds is 5. The van der Waals surface area contributed by atoms with E-state index in [2.05, 4.69) is 34.4 Å². The minimum Gasteiger partial charge on any atom is -0.322 e. The highest BCUT2D eigenvalue weighted by Gasteiger charge is 2.21. The molecule has 6 nitrogen and oxygen atoms in total. The molecule has 1 aliphatic heterocycles. The van der Waals surface area contributed by atoms with E-state index < -0.39 is 0 Å². The minimum atomic E-state index is -0.386. The number of hydrogen-bond donors (Lipinski definition) is 2. The van der Waals surface area contributed by atoms with E-state index >= 15 is 0 Å². The normalized spacial score (nSPS) is 14.0. The van der Waals surface area contributed by atoms with E-state index in [1.807, 2.05) is 19.1 Å². The molecule has 0 saturated heterocycles. The van der Waals surface area contributed by atoms with Gasteiger partial charge in [0.1, 0.15) is 5.82 Å². The molecule has 1 aliphatic rings. The number of carbonyl (C=O) groups excluding carboxylic acids is 2. The van der Waals surface area contributed by atoms with Crippen LogP contribution in [0.1, 0.15) is 36.2 Å². The summed E-state index contributed by atoms with van der Waals surface area (Å²) in [5.41, 5.74) is 2.42. The van der Waals surface area contributed by atoms with Gasteiger partial charge < -0.3 is 10.6 Å². The fraction of sp³-hybridized carbons (Fsp3) is 0.318. The number of anilines is 2. The summed E-state index contributed by atoms with van der Waals surface area (Å²) in [5.74, 6) is -0.150. The Kier molecular flexibility index (Phi) is 8.41. The number of benzene rings is 1. The maximum absolute atomic E-state index is 12.8. The molecule has 8 heteroatoms. The average Bonchev–Trinajstić information content (AvgIpc) is 2.71. The molecule has 30 heavy (non-hydrogen) atoms. The number of amides is 2. The molecule has 0 radical (unpaired) electrons. The van der Waals surface area contributed by atoms with Crippen molar-refractivity contribution in [2.45, 2.75) is 33.2 Å². The molecule has 2 heterocycles. The second-order valence-electron chi connectivity index (χ2n) is 7.39. The van der Waals surface area contributed by atoms with Gasteiger partial charge >= 0.3 is 0 Å². The maximum atomic E-state index is 12.8. The lowest BCUT2D eigenvalue weighted by atomic mass is 10.1. The van der Waals surface area contributed by atoms with Gasteiger partial charge in [-0.1, -0.05) is 23.7 Å². The Hall–Kier alpha value is -2.41. The van der Waals surface area contributed by atoms with Crippen LogP contribution >= 0.6 is 24.0 Å². The van der Waals surface area contributed by atoms with Crippen molar-refractivity contribution in [2.24, 2.45) is 0 Å². The molecule has 160 valence electrons.